The van der Waals surface area contributed by atoms with Crippen LogP contribution in [0.2, 0.25) is 0 Å². The quantitative estimate of drug-likeness (QED) is 0.240. The van der Waals surface area contributed by atoms with Crippen LogP contribution in [0.15, 0.2) is 59.1 Å². The van der Waals surface area contributed by atoms with E-state index < -0.39 is 29.6 Å². The molecule has 0 radical (unpaired) electrons. The van der Waals surface area contributed by atoms with Crippen LogP contribution < -0.4 is 15.0 Å². The Morgan fingerprint density at radius 1 is 1.21 bits per heavy atom. The number of allylic oxidation sites excluding steroid dienone is 1. The highest BCUT2D eigenvalue weighted by Gasteiger charge is 2.36. The molecule has 0 spiro atoms. The van der Waals surface area contributed by atoms with Gasteiger partial charge in [0.1, 0.15) is 17.1 Å². The molecule has 0 atom stereocenters. The van der Waals surface area contributed by atoms with E-state index in [1.54, 1.807) is 25.1 Å². The average molecular weight is 531 g/mol. The van der Waals surface area contributed by atoms with Crippen LogP contribution in [0.4, 0.5) is 14.9 Å². The van der Waals surface area contributed by atoms with Crippen molar-refractivity contribution in [2.24, 2.45) is 0 Å². The van der Waals surface area contributed by atoms with E-state index in [9.17, 15) is 23.6 Å². The first-order chi connectivity index (χ1) is 16.2. The first kappa shape index (κ1) is 24.8. The van der Waals surface area contributed by atoms with Gasteiger partial charge in [-0.3, -0.25) is 14.9 Å². The first-order valence-electron chi connectivity index (χ1n) is 10.1. The van der Waals surface area contributed by atoms with Gasteiger partial charge in [0.05, 0.1) is 16.8 Å². The number of anilines is 1. The lowest BCUT2D eigenvalue weighted by molar-refractivity contribution is -0.145. The summed E-state index contributed by atoms with van der Waals surface area (Å²) in [5.74, 6) is -2.40. The van der Waals surface area contributed by atoms with E-state index in [1.807, 2.05) is 0 Å². The number of esters is 1. The number of hydrogen-bond donors (Lipinski definition) is 1. The molecule has 1 N–H and O–H groups in total. The number of urea groups is 1. The van der Waals surface area contributed by atoms with Crippen LogP contribution in [-0.2, 0) is 25.5 Å². The van der Waals surface area contributed by atoms with Gasteiger partial charge < -0.3 is 9.47 Å². The monoisotopic (exact) mass is 530 g/mol. The molecule has 34 heavy (non-hydrogen) atoms. The third-order valence-corrected chi connectivity index (χ3v) is 5.23. The molecule has 0 bridgehead atoms. The SMILES string of the molecule is C=CCc1cc(/C=C2\C(=O)NC(=O)N(c3ccc(F)cc3)C2=O)cc(Br)c1OCC(=O)OCC. The second-order valence-electron chi connectivity index (χ2n) is 7.01. The summed E-state index contributed by atoms with van der Waals surface area (Å²) < 4.78 is 24.2. The van der Waals surface area contributed by atoms with Crippen molar-refractivity contribution < 1.29 is 33.0 Å². The number of benzene rings is 2. The minimum atomic E-state index is -0.935. The predicted molar refractivity (Wildman–Crippen MR) is 126 cm³/mol. The van der Waals surface area contributed by atoms with Gasteiger partial charge in [-0.05, 0) is 82.9 Å². The van der Waals surface area contributed by atoms with E-state index in [1.165, 1.54) is 18.2 Å². The van der Waals surface area contributed by atoms with Crippen molar-refractivity contribution in [3.05, 3.63) is 76.0 Å². The number of hydrogen-bond acceptors (Lipinski definition) is 6. The molecule has 0 aliphatic carbocycles. The van der Waals surface area contributed by atoms with E-state index in [0.717, 1.165) is 17.0 Å². The van der Waals surface area contributed by atoms with Crippen molar-refractivity contribution in [2.75, 3.05) is 18.1 Å². The van der Waals surface area contributed by atoms with Crippen molar-refractivity contribution in [2.45, 2.75) is 13.3 Å². The van der Waals surface area contributed by atoms with Gasteiger partial charge in [0, 0.05) is 0 Å². The van der Waals surface area contributed by atoms with E-state index in [4.69, 9.17) is 9.47 Å². The number of nitrogens with one attached hydrogen (secondary N) is 1. The highest BCUT2D eigenvalue weighted by Crippen LogP contribution is 2.33. The van der Waals surface area contributed by atoms with Crippen LogP contribution in [0.5, 0.6) is 5.75 Å². The summed E-state index contributed by atoms with van der Waals surface area (Å²) in [6.07, 6.45) is 3.32. The summed E-state index contributed by atoms with van der Waals surface area (Å²) in [5.41, 5.74) is 0.911. The molecule has 1 aliphatic heterocycles. The summed E-state index contributed by atoms with van der Waals surface area (Å²) in [5, 5.41) is 2.11. The summed E-state index contributed by atoms with van der Waals surface area (Å²) in [6, 6.07) is 7.05. The van der Waals surface area contributed by atoms with Gasteiger partial charge in [0.2, 0.25) is 0 Å². The van der Waals surface area contributed by atoms with E-state index >= 15 is 0 Å². The molecule has 1 saturated heterocycles. The van der Waals surface area contributed by atoms with Gasteiger partial charge in [-0.25, -0.2) is 18.9 Å². The van der Waals surface area contributed by atoms with Gasteiger partial charge in [-0.15, -0.1) is 6.58 Å². The van der Waals surface area contributed by atoms with E-state index in [0.29, 0.717) is 27.8 Å². The Kier molecular flexibility index (Phi) is 7.95. The van der Waals surface area contributed by atoms with E-state index in [2.05, 4.69) is 27.8 Å². The molecule has 176 valence electrons. The maximum absolute atomic E-state index is 13.3. The second-order valence-corrected chi connectivity index (χ2v) is 7.87. The van der Waals surface area contributed by atoms with Crippen molar-refractivity contribution >= 4 is 51.5 Å². The van der Waals surface area contributed by atoms with Gasteiger partial charge in [0.15, 0.2) is 6.61 Å². The Hall–Kier alpha value is -3.79. The number of rotatable bonds is 8. The molecule has 1 fully saturated rings. The fraction of sp³-hybridized carbons (Fsp3) is 0.167. The van der Waals surface area contributed by atoms with Crippen LogP contribution in [0, 0.1) is 5.82 Å². The molecule has 3 rings (SSSR count). The van der Waals surface area contributed by atoms with Crippen LogP contribution in [0.3, 0.4) is 0 Å². The van der Waals surface area contributed by atoms with Crippen molar-refractivity contribution in [1.29, 1.82) is 0 Å². The molecule has 1 aliphatic rings. The zero-order valence-corrected chi connectivity index (χ0v) is 19.7. The number of carbonyl (C=O) groups excluding carboxylic acids is 4. The van der Waals surface area contributed by atoms with E-state index in [-0.39, 0.29) is 24.5 Å². The summed E-state index contributed by atoms with van der Waals surface area (Å²) in [6.45, 7) is 5.33. The third-order valence-electron chi connectivity index (χ3n) is 4.64. The second kappa shape index (κ2) is 10.9. The normalized spacial score (nSPS) is 14.7. The highest BCUT2D eigenvalue weighted by molar-refractivity contribution is 9.10. The predicted octanol–water partition coefficient (Wildman–Crippen LogP) is 3.93. The molecule has 10 heteroatoms. The summed E-state index contributed by atoms with van der Waals surface area (Å²) in [4.78, 5) is 50.2. The van der Waals surface area contributed by atoms with Crippen LogP contribution >= 0.6 is 15.9 Å². The standard InChI is InChI=1S/C24H20BrFN2O6/c1-3-5-15-10-14(12-19(25)21(15)34-13-20(29)33-4-2)11-18-22(30)27-24(32)28(23(18)31)17-8-6-16(26)7-9-17/h3,6-12H,1,4-5,13H2,2H3,(H,27,30,32)/b18-11+. The van der Waals surface area contributed by atoms with Gasteiger partial charge in [-0.1, -0.05) is 6.08 Å². The number of nitrogens with zero attached hydrogens (tertiary/aromatic N) is 1. The number of ether oxygens (including phenoxy) is 2. The number of halogens is 2. The van der Waals surface area contributed by atoms with Gasteiger partial charge >= 0.3 is 12.0 Å². The molecule has 1 heterocycles. The number of imide groups is 2. The Morgan fingerprint density at radius 3 is 2.56 bits per heavy atom. The number of barbiturate groups is 1. The zero-order chi connectivity index (χ0) is 24.8. The molecule has 2 aromatic rings. The maximum atomic E-state index is 13.3. The molecule has 0 saturated carbocycles. The molecular formula is C24H20BrFN2O6. The lowest BCUT2D eigenvalue weighted by atomic mass is 10.0. The maximum Gasteiger partial charge on any atom is 0.344 e. The smallest absolute Gasteiger partial charge is 0.344 e. The average Bonchev–Trinajstić information content (AvgIpc) is 2.77. The zero-order valence-electron chi connectivity index (χ0n) is 18.1. The van der Waals surface area contributed by atoms with Crippen molar-refractivity contribution in [3.8, 4) is 5.75 Å². The van der Waals surface area contributed by atoms with Crippen LogP contribution in [0.1, 0.15) is 18.1 Å². The number of carbonyl (C=O) groups is 4. The highest BCUT2D eigenvalue weighted by atomic mass is 79.9. The molecule has 0 unspecified atom stereocenters. The summed E-state index contributed by atoms with van der Waals surface area (Å²) in [7, 11) is 0. The largest absolute Gasteiger partial charge is 0.480 e. The molecular weight excluding hydrogens is 511 g/mol. The fourth-order valence-electron chi connectivity index (χ4n) is 3.21. The fourth-order valence-corrected chi connectivity index (χ4v) is 3.84. The van der Waals surface area contributed by atoms with Crippen molar-refractivity contribution in [3.63, 3.8) is 0 Å². The van der Waals surface area contributed by atoms with Crippen molar-refractivity contribution in [1.82, 2.24) is 5.32 Å². The molecule has 4 amide bonds. The lowest BCUT2D eigenvalue weighted by Gasteiger charge is -2.26. The Labute approximate surface area is 203 Å². The lowest BCUT2D eigenvalue weighted by Crippen LogP contribution is -2.54. The number of amides is 4. The Bertz CT molecular complexity index is 1190. The Balaban J connectivity index is 1.96. The molecule has 0 aromatic heterocycles. The Morgan fingerprint density at radius 2 is 1.91 bits per heavy atom. The molecule has 8 nitrogen and oxygen atoms in total. The first-order valence-corrected chi connectivity index (χ1v) is 10.9. The van der Waals surface area contributed by atoms with Gasteiger partial charge in [0.25, 0.3) is 11.8 Å². The minimum absolute atomic E-state index is 0.110. The van der Waals surface area contributed by atoms with Crippen LogP contribution in [-0.4, -0.2) is 37.0 Å². The summed E-state index contributed by atoms with van der Waals surface area (Å²) >= 11 is 3.39. The topological polar surface area (TPSA) is 102 Å². The van der Waals surface area contributed by atoms with Crippen LogP contribution in [0.25, 0.3) is 6.08 Å². The third kappa shape index (κ3) is 5.57. The molecule has 2 aromatic carbocycles. The van der Waals surface area contributed by atoms with Gasteiger partial charge in [-0.2, -0.15) is 0 Å². The minimum Gasteiger partial charge on any atom is -0.480 e.